The highest BCUT2D eigenvalue weighted by Crippen LogP contribution is 2.08. The van der Waals surface area contributed by atoms with Crippen molar-refractivity contribution in [2.24, 2.45) is 0 Å². The fraction of sp³-hybridized carbons (Fsp3) is 0.375. The van der Waals surface area contributed by atoms with Gasteiger partial charge in [-0.2, -0.15) is 5.10 Å². The van der Waals surface area contributed by atoms with Crippen LogP contribution in [0, 0.1) is 0 Å². The largest absolute Gasteiger partial charge is 0.476 e. The molecule has 1 aromatic rings. The van der Waals surface area contributed by atoms with Gasteiger partial charge in [-0.1, -0.05) is 0 Å². The molecule has 0 saturated carbocycles. The second-order valence-electron chi connectivity index (χ2n) is 3.05. The number of carboxylic acids is 1. The zero-order valence-electron chi connectivity index (χ0n) is 7.36. The van der Waals surface area contributed by atoms with E-state index in [0.717, 1.165) is 6.42 Å². The molecule has 1 aliphatic rings. The van der Waals surface area contributed by atoms with E-state index < -0.39 is 5.97 Å². The summed E-state index contributed by atoms with van der Waals surface area (Å²) in [5.74, 6) is -1.37. The number of aromatic nitrogens is 2. The molecule has 14 heavy (non-hydrogen) atoms. The third kappa shape index (κ3) is 1.34. The number of fused-ring (bicyclic) bond motifs is 1. The Hall–Kier alpha value is -1.85. The topological polar surface area (TPSA) is 84.2 Å². The minimum absolute atomic E-state index is 0.0861. The second-order valence-corrected chi connectivity index (χ2v) is 3.05. The van der Waals surface area contributed by atoms with Crippen molar-refractivity contribution in [2.45, 2.75) is 13.0 Å². The van der Waals surface area contributed by atoms with Crippen LogP contribution in [0.2, 0.25) is 0 Å². The summed E-state index contributed by atoms with van der Waals surface area (Å²) >= 11 is 0. The molecule has 1 aliphatic heterocycles. The molecule has 6 heteroatoms. The van der Waals surface area contributed by atoms with E-state index in [4.69, 9.17) is 5.11 Å². The lowest BCUT2D eigenvalue weighted by atomic mass is 10.3. The van der Waals surface area contributed by atoms with Crippen LogP contribution in [0.1, 0.15) is 27.4 Å². The van der Waals surface area contributed by atoms with Crippen molar-refractivity contribution in [3.8, 4) is 0 Å². The maximum Gasteiger partial charge on any atom is 0.356 e. The van der Waals surface area contributed by atoms with Gasteiger partial charge in [0.15, 0.2) is 5.69 Å². The van der Waals surface area contributed by atoms with Gasteiger partial charge in [0, 0.05) is 19.2 Å². The van der Waals surface area contributed by atoms with E-state index in [9.17, 15) is 9.59 Å². The fourth-order valence-electron chi connectivity index (χ4n) is 1.40. The van der Waals surface area contributed by atoms with Crippen molar-refractivity contribution in [3.05, 3.63) is 17.5 Å². The van der Waals surface area contributed by atoms with Crippen molar-refractivity contribution in [1.82, 2.24) is 15.1 Å². The molecule has 1 aromatic heterocycles. The molecular weight excluding hydrogens is 186 g/mol. The van der Waals surface area contributed by atoms with Crippen LogP contribution in [0.25, 0.3) is 0 Å². The summed E-state index contributed by atoms with van der Waals surface area (Å²) in [6, 6.07) is 1.29. The molecule has 2 heterocycles. The molecule has 0 fully saturated rings. The van der Waals surface area contributed by atoms with E-state index in [0.29, 0.717) is 18.8 Å². The minimum Gasteiger partial charge on any atom is -0.476 e. The zero-order valence-corrected chi connectivity index (χ0v) is 7.36. The number of nitrogens with zero attached hydrogens (tertiary/aromatic N) is 2. The van der Waals surface area contributed by atoms with E-state index in [2.05, 4.69) is 10.4 Å². The third-order valence-corrected chi connectivity index (χ3v) is 2.06. The summed E-state index contributed by atoms with van der Waals surface area (Å²) in [7, 11) is 0. The minimum atomic E-state index is -1.11. The quantitative estimate of drug-likeness (QED) is 0.645. The highest BCUT2D eigenvalue weighted by Gasteiger charge is 2.20. The molecule has 2 N–H and O–H groups in total. The lowest BCUT2D eigenvalue weighted by Crippen LogP contribution is -2.22. The molecule has 0 saturated heterocycles. The number of aryl methyl sites for hydroxylation is 1. The highest BCUT2D eigenvalue weighted by atomic mass is 16.4. The first kappa shape index (κ1) is 8.74. The van der Waals surface area contributed by atoms with Gasteiger partial charge in [0.2, 0.25) is 0 Å². The number of carbonyl (C=O) groups excluding carboxylic acids is 1. The SMILES string of the molecule is O=C(O)c1cc2n(n1)CCCNC2=O. The summed E-state index contributed by atoms with van der Waals surface area (Å²) in [5.41, 5.74) is 0.233. The van der Waals surface area contributed by atoms with Crippen LogP contribution in [-0.2, 0) is 6.54 Å². The second kappa shape index (κ2) is 3.13. The monoisotopic (exact) mass is 195 g/mol. The average molecular weight is 195 g/mol. The first-order valence-electron chi connectivity index (χ1n) is 4.28. The molecule has 74 valence electrons. The van der Waals surface area contributed by atoms with Gasteiger partial charge in [0.05, 0.1) is 0 Å². The van der Waals surface area contributed by atoms with Gasteiger partial charge in [0.25, 0.3) is 5.91 Å². The molecule has 0 unspecified atom stereocenters. The highest BCUT2D eigenvalue weighted by molar-refractivity contribution is 5.95. The van der Waals surface area contributed by atoms with Crippen LogP contribution in [0.3, 0.4) is 0 Å². The number of carbonyl (C=O) groups is 2. The van der Waals surface area contributed by atoms with Crippen molar-refractivity contribution in [2.75, 3.05) is 6.54 Å². The van der Waals surface area contributed by atoms with Crippen molar-refractivity contribution >= 4 is 11.9 Å². The predicted molar refractivity (Wildman–Crippen MR) is 46.1 cm³/mol. The molecule has 0 spiro atoms. The van der Waals surface area contributed by atoms with Gasteiger partial charge < -0.3 is 10.4 Å². The van der Waals surface area contributed by atoms with Gasteiger partial charge in [0.1, 0.15) is 5.69 Å². The normalized spacial score (nSPS) is 15.6. The number of hydrogen-bond acceptors (Lipinski definition) is 3. The summed E-state index contributed by atoms with van der Waals surface area (Å²) in [6.45, 7) is 1.17. The molecule has 6 nitrogen and oxygen atoms in total. The first-order chi connectivity index (χ1) is 6.68. The van der Waals surface area contributed by atoms with Crippen LogP contribution in [0.4, 0.5) is 0 Å². The van der Waals surface area contributed by atoms with Crippen molar-refractivity contribution < 1.29 is 14.7 Å². The van der Waals surface area contributed by atoms with E-state index in [1.807, 2.05) is 0 Å². The fourth-order valence-corrected chi connectivity index (χ4v) is 1.40. The summed E-state index contributed by atoms with van der Waals surface area (Å²) in [5, 5.41) is 15.2. The van der Waals surface area contributed by atoms with Crippen LogP contribution in [-0.4, -0.2) is 33.3 Å². The average Bonchev–Trinajstić information content (AvgIpc) is 2.49. The standard InChI is InChI=1S/C8H9N3O3/c12-7-6-4-5(8(13)14)10-11(6)3-1-2-9-7/h4H,1-3H2,(H,9,12)(H,13,14). The smallest absolute Gasteiger partial charge is 0.356 e. The van der Waals surface area contributed by atoms with Gasteiger partial charge in [-0.25, -0.2) is 4.79 Å². The van der Waals surface area contributed by atoms with E-state index in [-0.39, 0.29) is 11.6 Å². The number of aromatic carboxylic acids is 1. The summed E-state index contributed by atoms with van der Waals surface area (Å²) < 4.78 is 1.44. The Morgan fingerprint density at radius 2 is 2.43 bits per heavy atom. The number of amides is 1. The maximum atomic E-state index is 11.4. The van der Waals surface area contributed by atoms with Crippen LogP contribution in [0.15, 0.2) is 6.07 Å². The molecule has 0 aliphatic carbocycles. The number of nitrogens with one attached hydrogen (secondary N) is 1. The Morgan fingerprint density at radius 1 is 1.64 bits per heavy atom. The Kier molecular flexibility index (Phi) is 1.95. The zero-order chi connectivity index (χ0) is 10.1. The summed E-state index contributed by atoms with van der Waals surface area (Å²) in [4.78, 5) is 22.0. The van der Waals surface area contributed by atoms with E-state index in [1.54, 1.807) is 0 Å². The van der Waals surface area contributed by atoms with Crippen molar-refractivity contribution in [3.63, 3.8) is 0 Å². The Balaban J connectivity index is 2.44. The van der Waals surface area contributed by atoms with E-state index >= 15 is 0 Å². The molecular formula is C8H9N3O3. The predicted octanol–water partition coefficient (Wildman–Crippen LogP) is -0.285. The van der Waals surface area contributed by atoms with Crippen LogP contribution in [0.5, 0.6) is 0 Å². The number of rotatable bonds is 1. The van der Waals surface area contributed by atoms with Gasteiger partial charge in [-0.15, -0.1) is 0 Å². The first-order valence-corrected chi connectivity index (χ1v) is 4.28. The van der Waals surface area contributed by atoms with Crippen LogP contribution >= 0.6 is 0 Å². The number of carboxylic acid groups (broad SMARTS) is 1. The van der Waals surface area contributed by atoms with Gasteiger partial charge in [-0.05, 0) is 6.42 Å². The van der Waals surface area contributed by atoms with Gasteiger partial charge in [-0.3, -0.25) is 9.48 Å². The Morgan fingerprint density at radius 3 is 3.14 bits per heavy atom. The Labute approximate surface area is 79.5 Å². The molecule has 0 bridgehead atoms. The van der Waals surface area contributed by atoms with Crippen molar-refractivity contribution in [1.29, 1.82) is 0 Å². The molecule has 0 radical (unpaired) electrons. The van der Waals surface area contributed by atoms with E-state index in [1.165, 1.54) is 10.7 Å². The summed E-state index contributed by atoms with van der Waals surface area (Å²) in [6.07, 6.45) is 0.763. The molecule has 0 aromatic carbocycles. The molecule has 0 atom stereocenters. The molecule has 1 amide bonds. The lowest BCUT2D eigenvalue weighted by Gasteiger charge is -1.97. The van der Waals surface area contributed by atoms with Crippen LogP contribution < -0.4 is 5.32 Å². The third-order valence-electron chi connectivity index (χ3n) is 2.06. The maximum absolute atomic E-state index is 11.4. The molecule has 2 rings (SSSR count). The van der Waals surface area contributed by atoms with Gasteiger partial charge >= 0.3 is 5.97 Å². The Bertz CT molecular complexity index is 397. The lowest BCUT2D eigenvalue weighted by molar-refractivity contribution is 0.0689. The number of hydrogen-bond donors (Lipinski definition) is 2.